The molecule has 2 aliphatic rings. The molecule has 0 radical (unpaired) electrons. The maximum absolute atomic E-state index is 13.8. The van der Waals surface area contributed by atoms with E-state index in [4.69, 9.17) is 6.57 Å². The van der Waals surface area contributed by atoms with Crippen LogP contribution in [-0.4, -0.2) is 26.2 Å². The number of piperidine rings is 1. The summed E-state index contributed by atoms with van der Waals surface area (Å²) in [5, 5.41) is 3.32. The summed E-state index contributed by atoms with van der Waals surface area (Å²) in [4.78, 5) is 5.23. The van der Waals surface area contributed by atoms with Crippen molar-refractivity contribution in [1.82, 2.24) is 5.32 Å². The molecule has 27 heavy (non-hydrogen) atoms. The van der Waals surface area contributed by atoms with Crippen molar-refractivity contribution in [3.05, 3.63) is 70.1 Å². The molecule has 1 N–H and O–H groups in total. The van der Waals surface area contributed by atoms with Gasteiger partial charge in [0.25, 0.3) is 0 Å². The lowest BCUT2D eigenvalue weighted by molar-refractivity contribution is -0.137. The van der Waals surface area contributed by atoms with Crippen LogP contribution < -0.4 is 10.2 Å². The van der Waals surface area contributed by atoms with Gasteiger partial charge in [-0.25, -0.2) is 4.85 Å². The predicted octanol–water partition coefficient (Wildman–Crippen LogP) is 4.74. The van der Waals surface area contributed by atoms with Gasteiger partial charge in [0.05, 0.1) is 17.8 Å². The molecule has 2 aliphatic heterocycles. The van der Waals surface area contributed by atoms with E-state index in [1.54, 1.807) is 25.2 Å². The van der Waals surface area contributed by atoms with Crippen LogP contribution in [0, 0.1) is 6.57 Å². The van der Waals surface area contributed by atoms with E-state index in [1.807, 2.05) is 17.0 Å². The fraction of sp³-hybridized carbons (Fsp3) is 0.381. The molecule has 2 atom stereocenters. The van der Waals surface area contributed by atoms with Crippen LogP contribution in [-0.2, 0) is 12.6 Å². The van der Waals surface area contributed by atoms with E-state index < -0.39 is 11.7 Å². The van der Waals surface area contributed by atoms with Gasteiger partial charge < -0.3 is 10.2 Å². The summed E-state index contributed by atoms with van der Waals surface area (Å²) in [5.74, 6) is 0.0781. The Hall–Kier alpha value is -2.52. The van der Waals surface area contributed by atoms with Crippen LogP contribution in [0.4, 0.5) is 24.5 Å². The number of nitrogens with zero attached hydrogens (tertiary/aromatic N) is 2. The van der Waals surface area contributed by atoms with Crippen LogP contribution in [0.25, 0.3) is 4.85 Å². The van der Waals surface area contributed by atoms with Crippen LogP contribution in [0.1, 0.15) is 34.6 Å². The van der Waals surface area contributed by atoms with Crippen molar-refractivity contribution >= 4 is 11.4 Å². The standard InChI is InChI=1S/C21H20F3N3/c1-25-15-5-3-4-13(9-15)8-14-10-16-17-12-26-7-6-19(17)27(2)20(16)18(11-14)21(22,23)24/h3-5,9-11,17,19,26H,6-8,12H2,2H3/t17-,19-/m0/s1. The second-order valence-electron chi connectivity index (χ2n) is 7.31. The Morgan fingerprint density at radius 3 is 2.78 bits per heavy atom. The average Bonchev–Trinajstić information content (AvgIpc) is 2.93. The maximum atomic E-state index is 13.8. The zero-order valence-electron chi connectivity index (χ0n) is 15.0. The Morgan fingerprint density at radius 2 is 2.04 bits per heavy atom. The van der Waals surface area contributed by atoms with Crippen LogP contribution in [0.3, 0.4) is 0 Å². The molecule has 0 aromatic heterocycles. The fourth-order valence-electron chi connectivity index (χ4n) is 4.48. The third-order valence-corrected chi connectivity index (χ3v) is 5.65. The van der Waals surface area contributed by atoms with Gasteiger partial charge in [-0.05, 0) is 36.6 Å². The minimum Gasteiger partial charge on any atom is -0.370 e. The monoisotopic (exact) mass is 371 g/mol. The van der Waals surface area contributed by atoms with Gasteiger partial charge in [-0.2, -0.15) is 13.2 Å². The normalized spacial score (nSPS) is 21.5. The molecule has 140 valence electrons. The van der Waals surface area contributed by atoms with E-state index in [-0.39, 0.29) is 12.0 Å². The number of likely N-dealkylation sites (N-methyl/N-ethyl adjacent to an activating group) is 1. The van der Waals surface area contributed by atoms with Crippen LogP contribution in [0.2, 0.25) is 0 Å². The summed E-state index contributed by atoms with van der Waals surface area (Å²) in [6, 6.07) is 10.4. The van der Waals surface area contributed by atoms with Crippen molar-refractivity contribution in [3.63, 3.8) is 0 Å². The Balaban J connectivity index is 1.80. The van der Waals surface area contributed by atoms with E-state index in [0.717, 1.165) is 24.1 Å². The third-order valence-electron chi connectivity index (χ3n) is 5.65. The van der Waals surface area contributed by atoms with E-state index in [1.165, 1.54) is 6.07 Å². The summed E-state index contributed by atoms with van der Waals surface area (Å²) in [7, 11) is 1.78. The Bertz CT molecular complexity index is 914. The summed E-state index contributed by atoms with van der Waals surface area (Å²) in [5.41, 5.74) is 2.57. The minimum absolute atomic E-state index is 0.0781. The molecule has 2 aromatic rings. The molecule has 2 heterocycles. The molecule has 6 heteroatoms. The van der Waals surface area contributed by atoms with E-state index in [9.17, 15) is 13.2 Å². The lowest BCUT2D eigenvalue weighted by Gasteiger charge is -2.31. The quantitative estimate of drug-likeness (QED) is 0.769. The Labute approximate surface area is 156 Å². The van der Waals surface area contributed by atoms with Crippen LogP contribution in [0.5, 0.6) is 0 Å². The van der Waals surface area contributed by atoms with Gasteiger partial charge in [-0.3, -0.25) is 0 Å². The minimum atomic E-state index is -4.40. The topological polar surface area (TPSA) is 19.6 Å². The van der Waals surface area contributed by atoms with Crippen LogP contribution in [0.15, 0.2) is 36.4 Å². The van der Waals surface area contributed by atoms with Crippen LogP contribution >= 0.6 is 0 Å². The highest BCUT2D eigenvalue weighted by Gasteiger charge is 2.44. The fourth-order valence-corrected chi connectivity index (χ4v) is 4.48. The average molecular weight is 371 g/mol. The highest BCUT2D eigenvalue weighted by atomic mass is 19.4. The molecular formula is C21H20F3N3. The first-order chi connectivity index (χ1) is 12.9. The van der Waals surface area contributed by atoms with Crippen molar-refractivity contribution in [1.29, 1.82) is 0 Å². The molecule has 3 nitrogen and oxygen atoms in total. The molecule has 1 fully saturated rings. The zero-order valence-corrected chi connectivity index (χ0v) is 15.0. The summed E-state index contributed by atoms with van der Waals surface area (Å²) >= 11 is 0. The van der Waals surface area contributed by atoms with Crippen molar-refractivity contribution in [2.75, 3.05) is 25.0 Å². The highest BCUT2D eigenvalue weighted by Crippen LogP contribution is 2.49. The van der Waals surface area contributed by atoms with E-state index >= 15 is 0 Å². The molecule has 2 aromatic carbocycles. The lowest BCUT2D eigenvalue weighted by Crippen LogP contribution is -2.42. The Morgan fingerprint density at radius 1 is 1.22 bits per heavy atom. The molecular weight excluding hydrogens is 351 g/mol. The summed E-state index contributed by atoms with van der Waals surface area (Å²) < 4.78 is 41.5. The molecule has 0 aliphatic carbocycles. The van der Waals surface area contributed by atoms with Gasteiger partial charge in [0.15, 0.2) is 5.69 Å². The first-order valence-electron chi connectivity index (χ1n) is 9.02. The number of anilines is 1. The molecule has 0 unspecified atom stereocenters. The number of halogens is 3. The zero-order chi connectivity index (χ0) is 19.2. The number of benzene rings is 2. The Kier molecular flexibility index (Phi) is 4.35. The predicted molar refractivity (Wildman–Crippen MR) is 99.4 cm³/mol. The number of hydrogen-bond acceptors (Lipinski definition) is 2. The first-order valence-corrected chi connectivity index (χ1v) is 9.02. The van der Waals surface area contributed by atoms with Gasteiger partial charge in [-0.15, -0.1) is 0 Å². The smallest absolute Gasteiger partial charge is 0.370 e. The van der Waals surface area contributed by atoms with Gasteiger partial charge in [0.1, 0.15) is 0 Å². The van der Waals surface area contributed by atoms with Gasteiger partial charge in [0.2, 0.25) is 0 Å². The van der Waals surface area contributed by atoms with Crippen molar-refractivity contribution in [2.24, 2.45) is 0 Å². The van der Waals surface area contributed by atoms with Crippen molar-refractivity contribution < 1.29 is 13.2 Å². The van der Waals surface area contributed by atoms with E-state index in [2.05, 4.69) is 10.2 Å². The lowest BCUT2D eigenvalue weighted by atomic mass is 9.88. The summed E-state index contributed by atoms with van der Waals surface area (Å²) in [6.45, 7) is 8.66. The second-order valence-corrected chi connectivity index (χ2v) is 7.31. The van der Waals surface area contributed by atoms with Gasteiger partial charge in [0, 0.05) is 25.6 Å². The number of nitrogens with one attached hydrogen (secondary N) is 1. The second kappa shape index (κ2) is 6.58. The van der Waals surface area contributed by atoms with Crippen molar-refractivity contribution in [2.45, 2.75) is 31.0 Å². The molecule has 4 rings (SSSR count). The van der Waals surface area contributed by atoms with Crippen molar-refractivity contribution in [3.8, 4) is 0 Å². The van der Waals surface area contributed by atoms with Gasteiger partial charge in [-0.1, -0.05) is 35.9 Å². The maximum Gasteiger partial charge on any atom is 0.418 e. The number of rotatable bonds is 2. The van der Waals surface area contributed by atoms with Gasteiger partial charge >= 0.3 is 6.18 Å². The molecule has 0 amide bonds. The number of alkyl halides is 3. The number of fused-ring (bicyclic) bond motifs is 3. The first kappa shape index (κ1) is 17.9. The third kappa shape index (κ3) is 3.17. The van der Waals surface area contributed by atoms with E-state index in [0.29, 0.717) is 29.9 Å². The largest absolute Gasteiger partial charge is 0.418 e. The number of hydrogen-bond donors (Lipinski definition) is 1. The molecule has 1 saturated heterocycles. The molecule has 0 saturated carbocycles. The SMILES string of the molecule is [C-]#[N+]c1cccc(Cc2cc3c(c(C(F)(F)F)c2)N(C)[C@H]2CCNC[C@@H]32)c1. The molecule has 0 bridgehead atoms. The summed E-state index contributed by atoms with van der Waals surface area (Å²) in [6.07, 6.45) is -3.17. The highest BCUT2D eigenvalue weighted by molar-refractivity contribution is 5.69. The molecule has 0 spiro atoms.